The SMILES string of the molecule is CCCCCCCCCCCCCCCCCCNCC(CC)CCCC. The minimum absolute atomic E-state index is 0.908. The Morgan fingerprint density at radius 3 is 1.30 bits per heavy atom. The molecule has 164 valence electrons. The van der Waals surface area contributed by atoms with E-state index in [1.807, 2.05) is 0 Å². The third-order valence-corrected chi connectivity index (χ3v) is 6.18. The molecule has 0 saturated heterocycles. The molecule has 0 bridgehead atoms. The summed E-state index contributed by atoms with van der Waals surface area (Å²) < 4.78 is 0. The van der Waals surface area contributed by atoms with Gasteiger partial charge in [-0.15, -0.1) is 0 Å². The van der Waals surface area contributed by atoms with Crippen molar-refractivity contribution in [2.75, 3.05) is 13.1 Å². The molecule has 0 radical (unpaired) electrons. The molecule has 1 N–H and O–H groups in total. The quantitative estimate of drug-likeness (QED) is 0.174. The topological polar surface area (TPSA) is 12.0 Å². The van der Waals surface area contributed by atoms with Crippen LogP contribution in [0.1, 0.15) is 149 Å². The first-order valence-corrected chi connectivity index (χ1v) is 13.1. The maximum absolute atomic E-state index is 3.69. The third-order valence-electron chi connectivity index (χ3n) is 6.18. The Morgan fingerprint density at radius 1 is 0.481 bits per heavy atom. The summed E-state index contributed by atoms with van der Waals surface area (Å²) in [5.74, 6) is 0.908. The minimum Gasteiger partial charge on any atom is -0.316 e. The van der Waals surface area contributed by atoms with Crippen LogP contribution in [0, 0.1) is 5.92 Å². The zero-order valence-electron chi connectivity index (χ0n) is 19.6. The Morgan fingerprint density at radius 2 is 0.889 bits per heavy atom. The summed E-state index contributed by atoms with van der Waals surface area (Å²) in [5.41, 5.74) is 0. The molecular formula is C26H55N. The highest BCUT2D eigenvalue weighted by Gasteiger charge is 2.04. The van der Waals surface area contributed by atoms with E-state index in [1.54, 1.807) is 0 Å². The fourth-order valence-electron chi connectivity index (χ4n) is 4.05. The summed E-state index contributed by atoms with van der Waals surface area (Å²) in [5, 5.41) is 3.69. The summed E-state index contributed by atoms with van der Waals surface area (Å²) in [6.07, 6.45) is 28.8. The molecule has 1 nitrogen and oxygen atoms in total. The molecule has 0 heterocycles. The van der Waals surface area contributed by atoms with E-state index in [1.165, 1.54) is 142 Å². The number of rotatable bonds is 23. The van der Waals surface area contributed by atoms with Gasteiger partial charge in [-0.2, -0.15) is 0 Å². The normalized spacial score (nSPS) is 12.6. The van der Waals surface area contributed by atoms with Crippen LogP contribution in [0.2, 0.25) is 0 Å². The second kappa shape index (κ2) is 24.0. The van der Waals surface area contributed by atoms with Crippen LogP contribution in [0.3, 0.4) is 0 Å². The van der Waals surface area contributed by atoms with E-state index < -0.39 is 0 Å². The zero-order valence-corrected chi connectivity index (χ0v) is 19.6. The van der Waals surface area contributed by atoms with Crippen molar-refractivity contribution in [3.8, 4) is 0 Å². The van der Waals surface area contributed by atoms with E-state index >= 15 is 0 Å². The van der Waals surface area contributed by atoms with Gasteiger partial charge in [0.05, 0.1) is 0 Å². The molecule has 0 saturated carbocycles. The first-order valence-electron chi connectivity index (χ1n) is 13.1. The van der Waals surface area contributed by atoms with Gasteiger partial charge in [-0.3, -0.25) is 0 Å². The lowest BCUT2D eigenvalue weighted by molar-refractivity contribution is 0.415. The highest BCUT2D eigenvalue weighted by molar-refractivity contribution is 4.61. The van der Waals surface area contributed by atoms with Crippen LogP contribution >= 0.6 is 0 Å². The van der Waals surface area contributed by atoms with E-state index in [4.69, 9.17) is 0 Å². The van der Waals surface area contributed by atoms with E-state index in [0.29, 0.717) is 0 Å². The van der Waals surface area contributed by atoms with Gasteiger partial charge >= 0.3 is 0 Å². The first-order chi connectivity index (χ1) is 13.3. The molecule has 0 aromatic carbocycles. The van der Waals surface area contributed by atoms with Gasteiger partial charge in [-0.25, -0.2) is 0 Å². The number of hydrogen-bond acceptors (Lipinski definition) is 1. The molecule has 0 aromatic heterocycles. The van der Waals surface area contributed by atoms with Gasteiger partial charge < -0.3 is 5.32 Å². The minimum atomic E-state index is 0.908. The molecule has 0 aliphatic carbocycles. The van der Waals surface area contributed by atoms with Crippen molar-refractivity contribution in [2.45, 2.75) is 149 Å². The molecule has 1 heteroatoms. The second-order valence-electron chi connectivity index (χ2n) is 8.92. The van der Waals surface area contributed by atoms with Crippen molar-refractivity contribution in [3.63, 3.8) is 0 Å². The van der Waals surface area contributed by atoms with Crippen LogP contribution < -0.4 is 5.32 Å². The Kier molecular flexibility index (Phi) is 24.0. The smallest absolute Gasteiger partial charge is 0.00206 e. The van der Waals surface area contributed by atoms with Gasteiger partial charge in [0, 0.05) is 0 Å². The molecular weight excluding hydrogens is 326 g/mol. The zero-order chi connectivity index (χ0) is 19.8. The number of unbranched alkanes of at least 4 members (excludes halogenated alkanes) is 16. The molecule has 27 heavy (non-hydrogen) atoms. The van der Waals surface area contributed by atoms with Gasteiger partial charge in [-0.05, 0) is 31.8 Å². The van der Waals surface area contributed by atoms with Gasteiger partial charge in [0.2, 0.25) is 0 Å². The lowest BCUT2D eigenvalue weighted by atomic mass is 9.99. The summed E-state index contributed by atoms with van der Waals surface area (Å²) in [6.45, 7) is 9.43. The van der Waals surface area contributed by atoms with Crippen molar-refractivity contribution < 1.29 is 0 Å². The largest absolute Gasteiger partial charge is 0.316 e. The monoisotopic (exact) mass is 381 g/mol. The predicted molar refractivity (Wildman–Crippen MR) is 126 cm³/mol. The molecule has 0 fully saturated rings. The average molecular weight is 382 g/mol. The summed E-state index contributed by atoms with van der Waals surface area (Å²) in [6, 6.07) is 0. The fourth-order valence-corrected chi connectivity index (χ4v) is 4.05. The molecule has 1 unspecified atom stereocenters. The first kappa shape index (κ1) is 27.0. The van der Waals surface area contributed by atoms with Crippen LogP contribution in [-0.2, 0) is 0 Å². The Balaban J connectivity index is 3.10. The highest BCUT2D eigenvalue weighted by Crippen LogP contribution is 2.14. The van der Waals surface area contributed by atoms with Gasteiger partial charge in [-0.1, -0.05) is 136 Å². The van der Waals surface area contributed by atoms with Gasteiger partial charge in [0.25, 0.3) is 0 Å². The van der Waals surface area contributed by atoms with Crippen molar-refractivity contribution in [3.05, 3.63) is 0 Å². The van der Waals surface area contributed by atoms with Crippen LogP contribution in [-0.4, -0.2) is 13.1 Å². The summed E-state index contributed by atoms with van der Waals surface area (Å²) in [4.78, 5) is 0. The molecule has 0 aliphatic heterocycles. The molecule has 1 atom stereocenters. The molecule has 0 amide bonds. The second-order valence-corrected chi connectivity index (χ2v) is 8.92. The standard InChI is InChI=1S/C26H55N/c1-4-7-9-10-11-12-13-14-15-16-17-18-19-20-21-22-24-27-25-26(6-3)23-8-5-2/h26-27H,4-25H2,1-3H3. The predicted octanol–water partition coefficient (Wildman–Crippen LogP) is 9.05. The van der Waals surface area contributed by atoms with Gasteiger partial charge in [0.15, 0.2) is 0 Å². The van der Waals surface area contributed by atoms with Crippen LogP contribution in [0.25, 0.3) is 0 Å². The van der Waals surface area contributed by atoms with E-state index in [-0.39, 0.29) is 0 Å². The number of nitrogens with one attached hydrogen (secondary N) is 1. The van der Waals surface area contributed by atoms with Crippen molar-refractivity contribution in [1.82, 2.24) is 5.32 Å². The Labute approximate surface area is 173 Å². The van der Waals surface area contributed by atoms with Crippen molar-refractivity contribution in [1.29, 1.82) is 0 Å². The molecule has 0 aliphatic rings. The van der Waals surface area contributed by atoms with E-state index in [9.17, 15) is 0 Å². The molecule has 0 spiro atoms. The third kappa shape index (κ3) is 22.1. The summed E-state index contributed by atoms with van der Waals surface area (Å²) in [7, 11) is 0. The van der Waals surface area contributed by atoms with Crippen LogP contribution in [0.15, 0.2) is 0 Å². The maximum Gasteiger partial charge on any atom is -0.00206 e. The fraction of sp³-hybridized carbons (Fsp3) is 1.00. The lowest BCUT2D eigenvalue weighted by Gasteiger charge is -2.15. The summed E-state index contributed by atoms with van der Waals surface area (Å²) >= 11 is 0. The Bertz CT molecular complexity index is 251. The van der Waals surface area contributed by atoms with Crippen LogP contribution in [0.4, 0.5) is 0 Å². The lowest BCUT2D eigenvalue weighted by Crippen LogP contribution is -2.23. The van der Waals surface area contributed by atoms with Crippen molar-refractivity contribution in [2.24, 2.45) is 5.92 Å². The van der Waals surface area contributed by atoms with Gasteiger partial charge in [0.1, 0.15) is 0 Å². The average Bonchev–Trinajstić information content (AvgIpc) is 2.69. The van der Waals surface area contributed by atoms with E-state index in [2.05, 4.69) is 26.1 Å². The van der Waals surface area contributed by atoms with Crippen LogP contribution in [0.5, 0.6) is 0 Å². The highest BCUT2D eigenvalue weighted by atomic mass is 14.8. The molecule has 0 aromatic rings. The molecule has 0 rings (SSSR count). The number of hydrogen-bond donors (Lipinski definition) is 1. The Hall–Kier alpha value is -0.0400. The maximum atomic E-state index is 3.69. The van der Waals surface area contributed by atoms with E-state index in [0.717, 1.165) is 5.92 Å². The van der Waals surface area contributed by atoms with Crippen molar-refractivity contribution >= 4 is 0 Å².